The number of benzene rings is 2. The molecule has 4 N–H and O–H groups in total. The lowest BCUT2D eigenvalue weighted by molar-refractivity contribution is -0.117. The first-order valence-corrected chi connectivity index (χ1v) is 6.99. The van der Waals surface area contributed by atoms with Gasteiger partial charge in [-0.3, -0.25) is 4.79 Å². The minimum atomic E-state index is -0.805. The fraction of sp³-hybridized carbons (Fsp3) is 0.118. The molecule has 23 heavy (non-hydrogen) atoms. The van der Waals surface area contributed by atoms with Gasteiger partial charge in [0.1, 0.15) is 6.04 Å². The average molecular weight is 308 g/mol. The molecule has 6 nitrogen and oxygen atoms in total. The Morgan fingerprint density at radius 2 is 1.87 bits per heavy atom. The summed E-state index contributed by atoms with van der Waals surface area (Å²) in [7, 11) is 0. The Morgan fingerprint density at radius 3 is 2.52 bits per heavy atom. The van der Waals surface area contributed by atoms with Crippen LogP contribution in [0.5, 0.6) is 0 Å². The van der Waals surface area contributed by atoms with Crippen molar-refractivity contribution in [2.24, 2.45) is 5.73 Å². The van der Waals surface area contributed by atoms with Gasteiger partial charge in [0.2, 0.25) is 5.91 Å². The van der Waals surface area contributed by atoms with Gasteiger partial charge in [-0.1, -0.05) is 36.4 Å². The second-order valence-corrected chi connectivity index (χ2v) is 4.93. The van der Waals surface area contributed by atoms with Crippen LogP contribution < -0.4 is 16.4 Å². The molecule has 2 aromatic carbocycles. The third kappa shape index (κ3) is 4.86. The van der Waals surface area contributed by atoms with E-state index < -0.39 is 18.0 Å². The molecule has 0 saturated heterocycles. The fourth-order valence-electron chi connectivity index (χ4n) is 2.13. The Balaban J connectivity index is 2.12. The summed E-state index contributed by atoms with van der Waals surface area (Å²) >= 11 is 0. The van der Waals surface area contributed by atoms with Gasteiger partial charge < -0.3 is 16.4 Å². The first kappa shape index (κ1) is 16.0. The van der Waals surface area contributed by atoms with Gasteiger partial charge >= 0.3 is 6.03 Å². The number of nitrogens with zero attached hydrogens (tertiary/aromatic N) is 1. The number of nitriles is 1. The molecule has 0 heterocycles. The Kier molecular flexibility index (Phi) is 5.31. The molecular weight excluding hydrogens is 292 g/mol. The summed E-state index contributed by atoms with van der Waals surface area (Å²) in [5.41, 5.74) is 6.97. The van der Waals surface area contributed by atoms with E-state index in [1.165, 1.54) is 0 Å². The molecule has 2 rings (SSSR count). The second kappa shape index (κ2) is 7.61. The Bertz CT molecular complexity index is 738. The quantitative estimate of drug-likeness (QED) is 0.783. The van der Waals surface area contributed by atoms with E-state index in [4.69, 9.17) is 11.0 Å². The number of urea groups is 1. The van der Waals surface area contributed by atoms with Crippen molar-refractivity contribution in [3.63, 3.8) is 0 Å². The number of nitrogens with one attached hydrogen (secondary N) is 2. The van der Waals surface area contributed by atoms with Crippen LogP contribution in [0, 0.1) is 11.3 Å². The van der Waals surface area contributed by atoms with Crippen LogP contribution in [0.4, 0.5) is 10.5 Å². The summed E-state index contributed by atoms with van der Waals surface area (Å²) in [6.07, 6.45) is 0.313. The van der Waals surface area contributed by atoms with Crippen molar-refractivity contribution in [2.75, 3.05) is 5.32 Å². The first-order chi connectivity index (χ1) is 11.1. The SMILES string of the molecule is N#Cc1cccc(NC(=O)[C@@H](Cc2ccccc2)NC(N)=O)c1. The minimum Gasteiger partial charge on any atom is -0.352 e. The molecule has 3 amide bonds. The summed E-state index contributed by atoms with van der Waals surface area (Å²) in [6.45, 7) is 0. The lowest BCUT2D eigenvalue weighted by Crippen LogP contribution is -2.47. The van der Waals surface area contributed by atoms with E-state index in [1.54, 1.807) is 24.3 Å². The number of carbonyl (C=O) groups excluding carboxylic acids is 2. The molecule has 1 atom stereocenters. The Hall–Kier alpha value is -3.33. The van der Waals surface area contributed by atoms with Gasteiger partial charge in [-0.25, -0.2) is 4.79 Å². The van der Waals surface area contributed by atoms with E-state index in [0.29, 0.717) is 17.7 Å². The van der Waals surface area contributed by atoms with Crippen molar-refractivity contribution in [3.8, 4) is 6.07 Å². The van der Waals surface area contributed by atoms with Crippen molar-refractivity contribution in [1.29, 1.82) is 5.26 Å². The monoisotopic (exact) mass is 308 g/mol. The summed E-state index contributed by atoms with van der Waals surface area (Å²) < 4.78 is 0. The summed E-state index contributed by atoms with van der Waals surface area (Å²) in [6, 6.07) is 16.3. The molecular formula is C17H16N4O2. The van der Waals surface area contributed by atoms with E-state index in [1.807, 2.05) is 36.4 Å². The van der Waals surface area contributed by atoms with Gasteiger partial charge in [-0.15, -0.1) is 0 Å². The maximum absolute atomic E-state index is 12.4. The van der Waals surface area contributed by atoms with Gasteiger partial charge in [0.25, 0.3) is 0 Å². The van der Waals surface area contributed by atoms with Crippen LogP contribution >= 0.6 is 0 Å². The zero-order valence-corrected chi connectivity index (χ0v) is 12.3. The predicted octanol–water partition coefficient (Wildman–Crippen LogP) is 1.78. The van der Waals surface area contributed by atoms with Crippen molar-refractivity contribution >= 4 is 17.6 Å². The van der Waals surface area contributed by atoms with E-state index in [0.717, 1.165) is 5.56 Å². The minimum absolute atomic E-state index is 0.313. The molecule has 0 aliphatic carbocycles. The highest BCUT2D eigenvalue weighted by Crippen LogP contribution is 2.11. The normalized spacial score (nSPS) is 11.1. The molecule has 116 valence electrons. The third-order valence-electron chi connectivity index (χ3n) is 3.17. The van der Waals surface area contributed by atoms with Crippen LogP contribution in [0.15, 0.2) is 54.6 Å². The number of hydrogen-bond acceptors (Lipinski definition) is 3. The second-order valence-electron chi connectivity index (χ2n) is 4.93. The van der Waals surface area contributed by atoms with Gasteiger partial charge in [-0.05, 0) is 23.8 Å². The van der Waals surface area contributed by atoms with Crippen LogP contribution in [0.2, 0.25) is 0 Å². The highest BCUT2D eigenvalue weighted by atomic mass is 16.2. The van der Waals surface area contributed by atoms with Gasteiger partial charge in [0, 0.05) is 12.1 Å². The van der Waals surface area contributed by atoms with Crippen LogP contribution in [-0.2, 0) is 11.2 Å². The Morgan fingerprint density at radius 1 is 1.13 bits per heavy atom. The van der Waals surface area contributed by atoms with Crippen molar-refractivity contribution in [3.05, 3.63) is 65.7 Å². The standard InChI is InChI=1S/C17H16N4O2/c18-11-13-7-4-8-14(9-13)20-16(22)15(21-17(19)23)10-12-5-2-1-3-6-12/h1-9,15H,10H2,(H,20,22)(H3,19,21,23)/t15-/m1/s1. The molecule has 0 spiro atoms. The maximum Gasteiger partial charge on any atom is 0.312 e. The summed E-state index contributed by atoms with van der Waals surface area (Å²) in [5.74, 6) is -0.400. The lowest BCUT2D eigenvalue weighted by atomic mass is 10.1. The van der Waals surface area contributed by atoms with E-state index in [-0.39, 0.29) is 0 Å². The highest BCUT2D eigenvalue weighted by Gasteiger charge is 2.20. The molecule has 0 aromatic heterocycles. The number of amides is 3. The van der Waals surface area contributed by atoms with Gasteiger partial charge in [0.05, 0.1) is 11.6 Å². The van der Waals surface area contributed by atoms with E-state index >= 15 is 0 Å². The molecule has 0 aliphatic rings. The van der Waals surface area contributed by atoms with Gasteiger partial charge in [0.15, 0.2) is 0 Å². The zero-order valence-electron chi connectivity index (χ0n) is 12.3. The number of carbonyl (C=O) groups is 2. The number of primary amides is 1. The van der Waals surface area contributed by atoms with Crippen molar-refractivity contribution in [2.45, 2.75) is 12.5 Å². The largest absolute Gasteiger partial charge is 0.352 e. The maximum atomic E-state index is 12.4. The highest BCUT2D eigenvalue weighted by molar-refractivity contribution is 5.97. The molecule has 2 aromatic rings. The lowest BCUT2D eigenvalue weighted by Gasteiger charge is -2.17. The number of nitrogens with two attached hydrogens (primary N) is 1. The molecule has 0 fully saturated rings. The topological polar surface area (TPSA) is 108 Å². The average Bonchev–Trinajstić information content (AvgIpc) is 2.55. The molecule has 0 bridgehead atoms. The fourth-order valence-corrected chi connectivity index (χ4v) is 2.13. The Labute approximate surface area is 133 Å². The van der Waals surface area contributed by atoms with Crippen LogP contribution in [-0.4, -0.2) is 18.0 Å². The van der Waals surface area contributed by atoms with Crippen LogP contribution in [0.1, 0.15) is 11.1 Å². The molecule has 0 radical (unpaired) electrons. The molecule has 6 heteroatoms. The molecule has 0 aliphatic heterocycles. The smallest absolute Gasteiger partial charge is 0.312 e. The molecule has 0 saturated carbocycles. The number of anilines is 1. The summed E-state index contributed by atoms with van der Waals surface area (Å²) in [4.78, 5) is 23.5. The van der Waals surface area contributed by atoms with E-state index in [2.05, 4.69) is 10.6 Å². The first-order valence-electron chi connectivity index (χ1n) is 6.99. The van der Waals surface area contributed by atoms with Gasteiger partial charge in [-0.2, -0.15) is 5.26 Å². The number of hydrogen-bond donors (Lipinski definition) is 3. The van der Waals surface area contributed by atoms with Crippen molar-refractivity contribution < 1.29 is 9.59 Å². The number of rotatable bonds is 5. The zero-order chi connectivity index (χ0) is 16.7. The van der Waals surface area contributed by atoms with Crippen LogP contribution in [0.25, 0.3) is 0 Å². The predicted molar refractivity (Wildman–Crippen MR) is 86.4 cm³/mol. The van der Waals surface area contributed by atoms with Crippen molar-refractivity contribution in [1.82, 2.24) is 5.32 Å². The van der Waals surface area contributed by atoms with Crippen LogP contribution in [0.3, 0.4) is 0 Å². The molecule has 0 unspecified atom stereocenters. The summed E-state index contributed by atoms with van der Waals surface area (Å²) in [5, 5.41) is 14.0. The van der Waals surface area contributed by atoms with E-state index in [9.17, 15) is 9.59 Å². The third-order valence-corrected chi connectivity index (χ3v) is 3.17.